The van der Waals surface area contributed by atoms with Crippen molar-refractivity contribution in [2.45, 2.75) is 18.9 Å². The van der Waals surface area contributed by atoms with Crippen LogP contribution in [-0.4, -0.2) is 36.5 Å². The van der Waals surface area contributed by atoms with Gasteiger partial charge in [-0.1, -0.05) is 0 Å². The summed E-state index contributed by atoms with van der Waals surface area (Å²) in [6.45, 7) is -0.392. The minimum Gasteiger partial charge on any atom is -0.452 e. The summed E-state index contributed by atoms with van der Waals surface area (Å²) in [6, 6.07) is 4.12. The highest BCUT2D eigenvalue weighted by molar-refractivity contribution is 5.93. The van der Waals surface area contributed by atoms with E-state index in [2.05, 4.69) is 10.6 Å². The molecule has 1 amide bonds. The molecule has 1 aliphatic rings. The maximum absolute atomic E-state index is 11.8. The molecule has 2 rings (SSSR count). The normalized spacial score (nSPS) is 13.4. The first-order valence-corrected chi connectivity index (χ1v) is 6.44. The summed E-state index contributed by atoms with van der Waals surface area (Å²) in [6.07, 6.45) is 1.88. The van der Waals surface area contributed by atoms with E-state index in [0.29, 0.717) is 5.69 Å². The average Bonchev–Trinajstić information content (AvgIpc) is 3.27. The molecule has 1 fully saturated rings. The molecule has 21 heavy (non-hydrogen) atoms. The van der Waals surface area contributed by atoms with Crippen LogP contribution in [0.25, 0.3) is 0 Å². The molecule has 2 N–H and O–H groups in total. The van der Waals surface area contributed by atoms with Crippen LogP contribution >= 0.6 is 0 Å². The number of nitro benzene ring substituents is 1. The van der Waals surface area contributed by atoms with E-state index in [9.17, 15) is 19.7 Å². The lowest BCUT2D eigenvalue weighted by molar-refractivity contribution is -0.384. The molecular formula is C13H15N3O5. The van der Waals surface area contributed by atoms with Crippen LogP contribution in [0.5, 0.6) is 0 Å². The third-order valence-corrected chi connectivity index (χ3v) is 2.98. The van der Waals surface area contributed by atoms with Crippen molar-refractivity contribution in [3.05, 3.63) is 33.9 Å². The molecule has 112 valence electrons. The largest absolute Gasteiger partial charge is 0.452 e. The van der Waals surface area contributed by atoms with Gasteiger partial charge in [-0.3, -0.25) is 14.9 Å². The van der Waals surface area contributed by atoms with Crippen LogP contribution in [0.15, 0.2) is 18.2 Å². The topological polar surface area (TPSA) is 111 Å². The monoisotopic (exact) mass is 293 g/mol. The van der Waals surface area contributed by atoms with Gasteiger partial charge in [0.1, 0.15) is 5.69 Å². The number of nitro groups is 1. The summed E-state index contributed by atoms with van der Waals surface area (Å²) in [5.41, 5.74) is 0.0948. The fraction of sp³-hybridized carbons (Fsp3) is 0.385. The van der Waals surface area contributed by atoms with Crippen LogP contribution in [0.4, 0.5) is 11.4 Å². The highest BCUT2D eigenvalue weighted by Crippen LogP contribution is 2.25. The number of rotatable bonds is 6. The smallest absolute Gasteiger partial charge is 0.338 e. The lowest BCUT2D eigenvalue weighted by Crippen LogP contribution is -2.30. The molecule has 0 heterocycles. The Balaban J connectivity index is 1.99. The fourth-order valence-electron chi connectivity index (χ4n) is 1.73. The van der Waals surface area contributed by atoms with E-state index in [1.165, 1.54) is 12.1 Å². The van der Waals surface area contributed by atoms with Gasteiger partial charge in [-0.05, 0) is 25.0 Å². The van der Waals surface area contributed by atoms with Crippen molar-refractivity contribution in [2.24, 2.45) is 0 Å². The molecule has 1 aromatic carbocycles. The SMILES string of the molecule is CNc1ccc(C(=O)OCC(=O)NC2CC2)cc1[N+](=O)[O-]. The van der Waals surface area contributed by atoms with E-state index in [-0.39, 0.29) is 23.2 Å². The van der Waals surface area contributed by atoms with E-state index in [1.807, 2.05) is 0 Å². The van der Waals surface area contributed by atoms with Gasteiger partial charge < -0.3 is 15.4 Å². The van der Waals surface area contributed by atoms with Gasteiger partial charge in [0, 0.05) is 19.2 Å². The number of carbonyl (C=O) groups is 2. The second-order valence-corrected chi connectivity index (χ2v) is 4.66. The number of carbonyl (C=O) groups excluding carboxylic acids is 2. The summed E-state index contributed by atoms with van der Waals surface area (Å²) in [7, 11) is 1.54. The first-order chi connectivity index (χ1) is 10.0. The predicted molar refractivity (Wildman–Crippen MR) is 74.1 cm³/mol. The Hall–Kier alpha value is -2.64. The highest BCUT2D eigenvalue weighted by atomic mass is 16.6. The number of hydrogen-bond acceptors (Lipinski definition) is 6. The Bertz CT molecular complexity index is 583. The van der Waals surface area contributed by atoms with Crippen molar-refractivity contribution in [1.29, 1.82) is 0 Å². The van der Waals surface area contributed by atoms with Crippen molar-refractivity contribution in [2.75, 3.05) is 19.0 Å². The van der Waals surface area contributed by atoms with E-state index in [0.717, 1.165) is 18.9 Å². The molecule has 0 radical (unpaired) electrons. The van der Waals surface area contributed by atoms with Gasteiger partial charge in [-0.25, -0.2) is 4.79 Å². The van der Waals surface area contributed by atoms with Crippen LogP contribution in [0.3, 0.4) is 0 Å². The Morgan fingerprint density at radius 3 is 2.71 bits per heavy atom. The number of nitrogens with one attached hydrogen (secondary N) is 2. The minimum absolute atomic E-state index is 0.0277. The van der Waals surface area contributed by atoms with Crippen LogP contribution < -0.4 is 10.6 Å². The van der Waals surface area contributed by atoms with Gasteiger partial charge in [0.25, 0.3) is 11.6 Å². The zero-order valence-corrected chi connectivity index (χ0v) is 11.4. The Morgan fingerprint density at radius 2 is 2.14 bits per heavy atom. The molecule has 0 aromatic heterocycles. The summed E-state index contributed by atoms with van der Waals surface area (Å²) >= 11 is 0. The summed E-state index contributed by atoms with van der Waals surface area (Å²) in [5, 5.41) is 16.2. The third kappa shape index (κ3) is 3.91. The van der Waals surface area contributed by atoms with Crippen LogP contribution in [0, 0.1) is 10.1 Å². The van der Waals surface area contributed by atoms with Crippen molar-refractivity contribution in [1.82, 2.24) is 5.32 Å². The van der Waals surface area contributed by atoms with Crippen LogP contribution in [0.1, 0.15) is 23.2 Å². The third-order valence-electron chi connectivity index (χ3n) is 2.98. The Kier molecular flexibility index (Phi) is 4.36. The van der Waals surface area contributed by atoms with Gasteiger partial charge in [-0.2, -0.15) is 0 Å². The number of amides is 1. The second kappa shape index (κ2) is 6.21. The Morgan fingerprint density at radius 1 is 1.43 bits per heavy atom. The van der Waals surface area contributed by atoms with Crippen molar-refractivity contribution >= 4 is 23.3 Å². The molecule has 0 atom stereocenters. The number of benzene rings is 1. The summed E-state index contributed by atoms with van der Waals surface area (Å²) in [5.74, 6) is -1.14. The maximum Gasteiger partial charge on any atom is 0.338 e. The molecule has 1 aromatic rings. The van der Waals surface area contributed by atoms with Crippen molar-refractivity contribution < 1.29 is 19.2 Å². The molecule has 0 bridgehead atoms. The summed E-state index contributed by atoms with van der Waals surface area (Å²) < 4.78 is 4.83. The minimum atomic E-state index is -0.772. The summed E-state index contributed by atoms with van der Waals surface area (Å²) in [4.78, 5) is 33.5. The molecule has 1 saturated carbocycles. The number of esters is 1. The van der Waals surface area contributed by atoms with Crippen molar-refractivity contribution in [3.63, 3.8) is 0 Å². The molecule has 0 saturated heterocycles. The number of ether oxygens (including phenoxy) is 1. The van der Waals surface area contributed by atoms with Gasteiger partial charge in [0.05, 0.1) is 10.5 Å². The van der Waals surface area contributed by atoms with E-state index >= 15 is 0 Å². The molecule has 8 heteroatoms. The lowest BCUT2D eigenvalue weighted by atomic mass is 10.1. The molecule has 1 aliphatic carbocycles. The number of nitrogens with zero attached hydrogens (tertiary/aromatic N) is 1. The highest BCUT2D eigenvalue weighted by Gasteiger charge is 2.24. The molecule has 8 nitrogen and oxygen atoms in total. The van der Waals surface area contributed by atoms with Gasteiger partial charge in [-0.15, -0.1) is 0 Å². The van der Waals surface area contributed by atoms with Crippen molar-refractivity contribution in [3.8, 4) is 0 Å². The zero-order chi connectivity index (χ0) is 15.4. The van der Waals surface area contributed by atoms with E-state index in [4.69, 9.17) is 4.74 Å². The standard InChI is InChI=1S/C13H15N3O5/c1-14-10-5-2-8(6-11(10)16(19)20)13(18)21-7-12(17)15-9-3-4-9/h2,5-6,9,14H,3-4,7H2,1H3,(H,15,17). The van der Waals surface area contributed by atoms with E-state index < -0.39 is 17.5 Å². The van der Waals surface area contributed by atoms with Gasteiger partial charge in [0.15, 0.2) is 6.61 Å². The number of anilines is 1. The fourth-order valence-corrected chi connectivity index (χ4v) is 1.73. The zero-order valence-electron chi connectivity index (χ0n) is 11.4. The predicted octanol–water partition coefficient (Wildman–Crippen LogP) is 1.07. The maximum atomic E-state index is 11.8. The van der Waals surface area contributed by atoms with Gasteiger partial charge in [0.2, 0.25) is 0 Å². The lowest BCUT2D eigenvalue weighted by Gasteiger charge is -2.07. The molecule has 0 aliphatic heterocycles. The Labute approximate surface area is 120 Å². The molecule has 0 unspecified atom stereocenters. The van der Waals surface area contributed by atoms with Crippen LogP contribution in [0.2, 0.25) is 0 Å². The van der Waals surface area contributed by atoms with E-state index in [1.54, 1.807) is 7.05 Å². The quantitative estimate of drug-likeness (QED) is 0.461. The average molecular weight is 293 g/mol. The first kappa shape index (κ1) is 14.8. The number of hydrogen-bond donors (Lipinski definition) is 2. The molecule has 0 spiro atoms. The van der Waals surface area contributed by atoms with Gasteiger partial charge >= 0.3 is 5.97 Å². The van der Waals surface area contributed by atoms with Crippen LogP contribution in [-0.2, 0) is 9.53 Å². The second-order valence-electron chi connectivity index (χ2n) is 4.66. The molecular weight excluding hydrogens is 278 g/mol. The first-order valence-electron chi connectivity index (χ1n) is 6.44.